The molecule has 0 spiro atoms. The number of phosphoric acid groups is 1. The van der Waals surface area contributed by atoms with E-state index in [1.807, 2.05) is 0 Å². The predicted molar refractivity (Wildman–Crippen MR) is 57.1 cm³/mol. The van der Waals surface area contributed by atoms with E-state index in [9.17, 15) is 9.46 Å². The molecule has 0 rings (SSSR count). The van der Waals surface area contributed by atoms with Gasteiger partial charge in [-0.1, -0.05) is 13.8 Å². The van der Waals surface area contributed by atoms with Crippen LogP contribution in [0.1, 0.15) is 26.7 Å². The second kappa shape index (κ2) is 6.61. The smallest absolute Gasteiger partial charge is 0.265 e. The van der Waals surface area contributed by atoms with Crippen LogP contribution in [0, 0.1) is 0 Å². The van der Waals surface area contributed by atoms with Gasteiger partial charge in [0.1, 0.15) is 13.2 Å². The maximum Gasteiger partial charge on any atom is 0.265 e. The number of likely N-dealkylation sites (N-methyl/N-ethyl adjacent to an activating group) is 1. The van der Waals surface area contributed by atoms with Crippen LogP contribution in [0.4, 0.5) is 0 Å². The molecule has 6 heteroatoms. The molecule has 0 aliphatic heterocycles. The summed E-state index contributed by atoms with van der Waals surface area (Å²) in [6, 6.07) is 0. The molecule has 1 unspecified atom stereocenters. The van der Waals surface area contributed by atoms with E-state index in [-0.39, 0.29) is 6.61 Å². The first-order valence-electron chi connectivity index (χ1n) is 5.35. The Kier molecular flexibility index (Phi) is 6.64. The minimum absolute atomic E-state index is 0.0494. The van der Waals surface area contributed by atoms with Gasteiger partial charge in [-0.25, -0.2) is 0 Å². The Morgan fingerprint density at radius 2 is 1.73 bits per heavy atom. The van der Waals surface area contributed by atoms with Crippen molar-refractivity contribution in [3.05, 3.63) is 0 Å². The Labute approximate surface area is 91.9 Å². The normalized spacial score (nSPS) is 16.3. The highest BCUT2D eigenvalue weighted by Crippen LogP contribution is 2.29. The van der Waals surface area contributed by atoms with Crippen molar-refractivity contribution in [1.82, 2.24) is 0 Å². The summed E-state index contributed by atoms with van der Waals surface area (Å²) in [5, 5.41) is 0. The van der Waals surface area contributed by atoms with Crippen LogP contribution >= 0.6 is 7.82 Å². The fourth-order valence-corrected chi connectivity index (χ4v) is 2.10. The topological polar surface area (TPSA) is 69.6 Å². The Hall–Kier alpha value is 0.0700. The number of quaternary nitrogens is 1. The lowest BCUT2D eigenvalue weighted by Gasteiger charge is -2.34. The highest BCUT2D eigenvalue weighted by molar-refractivity contribution is 7.44. The van der Waals surface area contributed by atoms with Gasteiger partial charge in [-0.15, -0.1) is 0 Å². The van der Waals surface area contributed by atoms with Gasteiger partial charge in [0.25, 0.3) is 7.82 Å². The molecule has 15 heavy (non-hydrogen) atoms. The van der Waals surface area contributed by atoms with Crippen LogP contribution in [0.5, 0.6) is 0 Å². The summed E-state index contributed by atoms with van der Waals surface area (Å²) in [5.41, 5.74) is 0. The summed E-state index contributed by atoms with van der Waals surface area (Å²) in [6.07, 6.45) is 2.09. The number of hydrogen-bond acceptors (Lipinski definition) is 3. The highest BCUT2D eigenvalue weighted by atomic mass is 31.2. The van der Waals surface area contributed by atoms with Gasteiger partial charge in [-0.2, -0.15) is 0 Å². The Morgan fingerprint density at radius 1 is 1.27 bits per heavy atom. The first-order valence-corrected chi connectivity index (χ1v) is 6.84. The number of hydrogen-bond donors (Lipinski definition) is 1. The quantitative estimate of drug-likeness (QED) is 0.501. The van der Waals surface area contributed by atoms with Crippen molar-refractivity contribution in [1.29, 1.82) is 0 Å². The summed E-state index contributed by atoms with van der Waals surface area (Å²) >= 11 is 0. The third kappa shape index (κ3) is 7.94. The Morgan fingerprint density at radius 3 is 2.07 bits per heavy atom. The summed E-state index contributed by atoms with van der Waals surface area (Å²) < 4.78 is 15.5. The van der Waals surface area contributed by atoms with Crippen LogP contribution in [0.3, 0.4) is 0 Å². The van der Waals surface area contributed by atoms with Gasteiger partial charge in [-0.3, -0.25) is 4.57 Å². The molecule has 0 amide bonds. The van der Waals surface area contributed by atoms with E-state index in [1.54, 1.807) is 0 Å². The average Bonchev–Trinajstić information content (AvgIpc) is 2.01. The number of nitrogens with zero attached hydrogens (tertiary/aromatic N) is 1. The van der Waals surface area contributed by atoms with E-state index in [4.69, 9.17) is 4.89 Å². The molecule has 0 aromatic heterocycles. The zero-order valence-corrected chi connectivity index (χ0v) is 10.7. The molecule has 0 heterocycles. The van der Waals surface area contributed by atoms with Crippen LogP contribution in [0.25, 0.3) is 0 Å². The van der Waals surface area contributed by atoms with Gasteiger partial charge >= 0.3 is 0 Å². The van der Waals surface area contributed by atoms with Gasteiger partial charge in [0.2, 0.25) is 0 Å². The zero-order valence-electron chi connectivity index (χ0n) is 9.81. The molecule has 0 bridgehead atoms. The second-order valence-electron chi connectivity index (χ2n) is 4.09. The molecule has 0 aromatic carbocycles. The van der Waals surface area contributed by atoms with E-state index in [1.165, 1.54) is 0 Å². The lowest BCUT2D eigenvalue weighted by Crippen LogP contribution is -2.47. The van der Waals surface area contributed by atoms with Crippen LogP contribution in [-0.2, 0) is 9.09 Å². The van der Waals surface area contributed by atoms with Crippen molar-refractivity contribution in [2.75, 3.05) is 33.3 Å². The average molecular weight is 239 g/mol. The Balaban J connectivity index is 4.01. The van der Waals surface area contributed by atoms with Gasteiger partial charge in [0.05, 0.1) is 20.1 Å². The third-order valence-electron chi connectivity index (χ3n) is 2.41. The van der Waals surface area contributed by atoms with Crippen molar-refractivity contribution in [2.45, 2.75) is 26.7 Å². The van der Waals surface area contributed by atoms with Gasteiger partial charge in [0.15, 0.2) is 0 Å². The molecular formula is C9H22NO4P. The molecule has 1 atom stereocenters. The van der Waals surface area contributed by atoms with Crippen LogP contribution in [0.2, 0.25) is 0 Å². The van der Waals surface area contributed by atoms with Crippen LogP contribution in [0.15, 0.2) is 0 Å². The minimum atomic E-state index is -4.55. The van der Waals surface area contributed by atoms with Crippen molar-refractivity contribution in [3.8, 4) is 0 Å². The van der Waals surface area contributed by atoms with E-state index < -0.39 is 7.82 Å². The van der Waals surface area contributed by atoms with E-state index in [0.717, 1.165) is 30.4 Å². The maximum absolute atomic E-state index is 10.4. The van der Waals surface area contributed by atoms with E-state index in [2.05, 4.69) is 25.4 Å². The lowest BCUT2D eigenvalue weighted by atomic mass is 10.3. The standard InChI is InChI=1S/C9H22NO4P/c1-4-6-10(3,7-5-2)8-9-14-15(11,12)13/h4-9H2,1-3H3,(H-,11,12,13). The van der Waals surface area contributed by atoms with Crippen molar-refractivity contribution in [2.24, 2.45) is 0 Å². The van der Waals surface area contributed by atoms with Gasteiger partial charge in [0, 0.05) is 0 Å². The van der Waals surface area contributed by atoms with Crippen molar-refractivity contribution in [3.63, 3.8) is 0 Å². The molecule has 0 aliphatic rings. The lowest BCUT2D eigenvalue weighted by molar-refractivity contribution is -0.909. The SMILES string of the molecule is CCC[N+](C)(CCC)CCOP(=O)([O-])O. The van der Waals surface area contributed by atoms with E-state index >= 15 is 0 Å². The molecule has 5 nitrogen and oxygen atoms in total. The molecule has 0 fully saturated rings. The van der Waals surface area contributed by atoms with Crippen molar-refractivity contribution >= 4 is 7.82 Å². The number of phosphoric ester groups is 1. The zero-order chi connectivity index (χ0) is 11.9. The predicted octanol–water partition coefficient (Wildman–Crippen LogP) is 0.730. The third-order valence-corrected chi connectivity index (χ3v) is 2.92. The molecule has 0 aromatic rings. The highest BCUT2D eigenvalue weighted by Gasteiger charge is 2.19. The first kappa shape index (κ1) is 15.1. The molecule has 0 radical (unpaired) electrons. The largest absolute Gasteiger partial charge is 0.756 e. The molecule has 0 saturated carbocycles. The molecular weight excluding hydrogens is 217 g/mol. The summed E-state index contributed by atoms with van der Waals surface area (Å²) in [6.45, 7) is 6.83. The van der Waals surface area contributed by atoms with Crippen LogP contribution < -0.4 is 4.89 Å². The number of rotatable bonds is 8. The molecule has 92 valence electrons. The molecule has 0 saturated heterocycles. The fourth-order valence-electron chi connectivity index (χ4n) is 1.79. The van der Waals surface area contributed by atoms with Crippen LogP contribution in [-0.4, -0.2) is 42.7 Å². The summed E-state index contributed by atoms with van der Waals surface area (Å²) in [5.74, 6) is 0. The molecule has 0 aliphatic carbocycles. The minimum Gasteiger partial charge on any atom is -0.756 e. The maximum atomic E-state index is 10.4. The van der Waals surface area contributed by atoms with Gasteiger partial charge in [-0.05, 0) is 12.8 Å². The Bertz CT molecular complexity index is 210. The summed E-state index contributed by atoms with van der Waals surface area (Å²) in [4.78, 5) is 18.8. The van der Waals surface area contributed by atoms with Gasteiger partial charge < -0.3 is 18.8 Å². The first-order chi connectivity index (χ1) is 6.83. The van der Waals surface area contributed by atoms with Crippen molar-refractivity contribution < 1.29 is 23.4 Å². The summed E-state index contributed by atoms with van der Waals surface area (Å²) in [7, 11) is -2.48. The fraction of sp³-hybridized carbons (Fsp3) is 1.00. The monoisotopic (exact) mass is 239 g/mol. The second-order valence-corrected chi connectivity index (χ2v) is 5.29. The molecule has 1 N–H and O–H groups in total. The van der Waals surface area contributed by atoms with E-state index in [0.29, 0.717) is 6.54 Å².